The number of hydrogen-bond donors (Lipinski definition) is 2. The molecule has 130 valence electrons. The summed E-state index contributed by atoms with van der Waals surface area (Å²) in [5.74, 6) is 1.03. The number of nitrogens with one attached hydrogen (secondary N) is 2. The van der Waals surface area contributed by atoms with Crippen LogP contribution in [0.15, 0.2) is 18.2 Å². The van der Waals surface area contributed by atoms with Crippen molar-refractivity contribution < 1.29 is 4.79 Å². The van der Waals surface area contributed by atoms with E-state index in [0.29, 0.717) is 31.3 Å². The minimum atomic E-state index is 0.104. The maximum atomic E-state index is 11.9. The Morgan fingerprint density at radius 2 is 1.61 bits per heavy atom. The molecule has 4 nitrogen and oxygen atoms in total. The van der Waals surface area contributed by atoms with Crippen molar-refractivity contribution in [3.05, 3.63) is 29.3 Å². The summed E-state index contributed by atoms with van der Waals surface area (Å²) in [6.45, 7) is 11.1. The third kappa shape index (κ3) is 6.61. The van der Waals surface area contributed by atoms with Gasteiger partial charge in [-0.1, -0.05) is 45.9 Å². The number of carbonyl (C=O) groups is 1. The van der Waals surface area contributed by atoms with Crippen LogP contribution in [0.3, 0.4) is 0 Å². The fourth-order valence-corrected chi connectivity index (χ4v) is 2.56. The van der Waals surface area contributed by atoms with Crippen LogP contribution in [0, 0.1) is 0 Å². The topological polar surface area (TPSA) is 44.4 Å². The maximum absolute atomic E-state index is 11.9. The number of anilines is 1. The summed E-state index contributed by atoms with van der Waals surface area (Å²) in [6, 6.07) is 6.48. The van der Waals surface area contributed by atoms with Gasteiger partial charge in [-0.15, -0.1) is 0 Å². The van der Waals surface area contributed by atoms with Crippen molar-refractivity contribution in [3.63, 3.8) is 0 Å². The number of likely N-dealkylation sites (N-methyl/N-ethyl adjacent to an activating group) is 1. The first kappa shape index (κ1) is 19.5. The van der Waals surface area contributed by atoms with Crippen molar-refractivity contribution in [1.29, 1.82) is 0 Å². The third-order valence-corrected chi connectivity index (χ3v) is 3.91. The number of carbonyl (C=O) groups excluding carboxylic acids is 1. The van der Waals surface area contributed by atoms with Gasteiger partial charge < -0.3 is 15.5 Å². The van der Waals surface area contributed by atoms with Gasteiger partial charge in [-0.05, 0) is 37.1 Å². The molecule has 1 amide bonds. The van der Waals surface area contributed by atoms with Gasteiger partial charge in [0.25, 0.3) is 0 Å². The van der Waals surface area contributed by atoms with Gasteiger partial charge in [-0.3, -0.25) is 4.79 Å². The molecule has 0 radical (unpaired) electrons. The van der Waals surface area contributed by atoms with Gasteiger partial charge >= 0.3 is 0 Å². The number of nitrogens with zero attached hydrogens (tertiary/aromatic N) is 1. The van der Waals surface area contributed by atoms with E-state index in [4.69, 9.17) is 0 Å². The van der Waals surface area contributed by atoms with E-state index in [1.54, 1.807) is 0 Å². The monoisotopic (exact) mass is 319 g/mol. The molecule has 0 fully saturated rings. The SMILES string of the molecule is CC(C)c1cccc(C(C)C)c1NCCC(=O)NCCN(C)C. The number of benzene rings is 1. The molecule has 4 heteroatoms. The Kier molecular flexibility index (Phi) is 8.10. The van der Waals surface area contributed by atoms with E-state index in [-0.39, 0.29) is 5.91 Å². The van der Waals surface area contributed by atoms with Gasteiger partial charge in [0.05, 0.1) is 0 Å². The lowest BCUT2D eigenvalue weighted by molar-refractivity contribution is -0.120. The van der Waals surface area contributed by atoms with E-state index in [0.717, 1.165) is 6.54 Å². The molecule has 0 spiro atoms. The van der Waals surface area contributed by atoms with Crippen molar-refractivity contribution in [2.45, 2.75) is 46.0 Å². The molecule has 23 heavy (non-hydrogen) atoms. The van der Waals surface area contributed by atoms with Crippen molar-refractivity contribution in [1.82, 2.24) is 10.2 Å². The van der Waals surface area contributed by atoms with E-state index in [9.17, 15) is 4.79 Å². The lowest BCUT2D eigenvalue weighted by Crippen LogP contribution is -2.32. The summed E-state index contributed by atoms with van der Waals surface area (Å²) in [4.78, 5) is 13.9. The molecule has 0 saturated carbocycles. The Labute approximate surface area is 141 Å². The molecule has 1 aromatic rings. The first-order valence-corrected chi connectivity index (χ1v) is 8.61. The summed E-state index contributed by atoms with van der Waals surface area (Å²) < 4.78 is 0. The van der Waals surface area contributed by atoms with Crippen LogP contribution < -0.4 is 10.6 Å². The van der Waals surface area contributed by atoms with Gasteiger partial charge in [0.1, 0.15) is 0 Å². The summed E-state index contributed by atoms with van der Waals surface area (Å²) in [5.41, 5.74) is 3.85. The van der Waals surface area contributed by atoms with Crippen LogP contribution in [0.25, 0.3) is 0 Å². The average Bonchev–Trinajstić information content (AvgIpc) is 2.46. The summed E-state index contributed by atoms with van der Waals surface area (Å²) in [5, 5.41) is 6.46. The molecule has 0 aromatic heterocycles. The van der Waals surface area contributed by atoms with Crippen LogP contribution in [0.5, 0.6) is 0 Å². The highest BCUT2D eigenvalue weighted by Crippen LogP contribution is 2.32. The molecule has 1 rings (SSSR count). The predicted octanol–water partition coefficient (Wildman–Crippen LogP) is 3.41. The second kappa shape index (κ2) is 9.56. The number of amides is 1. The van der Waals surface area contributed by atoms with Gasteiger partial charge in [0, 0.05) is 31.7 Å². The molecule has 0 aliphatic heterocycles. The molecule has 0 bridgehead atoms. The lowest BCUT2D eigenvalue weighted by atomic mass is 9.92. The van der Waals surface area contributed by atoms with Crippen LogP contribution in [-0.2, 0) is 4.79 Å². The van der Waals surface area contributed by atoms with Gasteiger partial charge in [-0.25, -0.2) is 0 Å². The minimum absolute atomic E-state index is 0.104. The zero-order valence-corrected chi connectivity index (χ0v) is 15.6. The molecule has 0 aliphatic carbocycles. The second-order valence-corrected chi connectivity index (χ2v) is 6.95. The average molecular weight is 319 g/mol. The Balaban J connectivity index is 2.61. The van der Waals surface area contributed by atoms with Gasteiger partial charge in [0.2, 0.25) is 5.91 Å². The molecule has 2 N–H and O–H groups in total. The van der Waals surface area contributed by atoms with Crippen LogP contribution in [0.4, 0.5) is 5.69 Å². The van der Waals surface area contributed by atoms with Crippen LogP contribution in [0.2, 0.25) is 0 Å². The van der Waals surface area contributed by atoms with Gasteiger partial charge in [0.15, 0.2) is 0 Å². The second-order valence-electron chi connectivity index (χ2n) is 6.95. The highest BCUT2D eigenvalue weighted by Gasteiger charge is 2.13. The Morgan fingerprint density at radius 3 is 2.09 bits per heavy atom. The number of rotatable bonds is 9. The minimum Gasteiger partial charge on any atom is -0.384 e. The van der Waals surface area contributed by atoms with Crippen molar-refractivity contribution in [2.75, 3.05) is 39.0 Å². The molecular weight excluding hydrogens is 286 g/mol. The zero-order valence-electron chi connectivity index (χ0n) is 15.6. The smallest absolute Gasteiger partial charge is 0.221 e. The molecule has 0 atom stereocenters. The Hall–Kier alpha value is -1.55. The summed E-state index contributed by atoms with van der Waals surface area (Å²) in [7, 11) is 4.01. The van der Waals surface area contributed by atoms with Crippen LogP contribution in [-0.4, -0.2) is 44.5 Å². The Bertz CT molecular complexity index is 469. The molecular formula is C19H33N3O. The zero-order chi connectivity index (χ0) is 17.4. The summed E-state index contributed by atoms with van der Waals surface area (Å²) in [6.07, 6.45) is 0.497. The predicted molar refractivity (Wildman–Crippen MR) is 99.3 cm³/mol. The van der Waals surface area contributed by atoms with E-state index in [2.05, 4.69) is 61.4 Å². The highest BCUT2D eigenvalue weighted by atomic mass is 16.1. The fraction of sp³-hybridized carbons (Fsp3) is 0.632. The molecule has 0 saturated heterocycles. The van der Waals surface area contributed by atoms with Gasteiger partial charge in [-0.2, -0.15) is 0 Å². The first-order valence-electron chi connectivity index (χ1n) is 8.61. The molecule has 0 unspecified atom stereocenters. The van der Waals surface area contributed by atoms with E-state index >= 15 is 0 Å². The van der Waals surface area contributed by atoms with Crippen molar-refractivity contribution >= 4 is 11.6 Å². The summed E-state index contributed by atoms with van der Waals surface area (Å²) >= 11 is 0. The normalized spacial score (nSPS) is 11.3. The van der Waals surface area contributed by atoms with Crippen molar-refractivity contribution in [3.8, 4) is 0 Å². The quantitative estimate of drug-likeness (QED) is 0.733. The molecule has 1 aromatic carbocycles. The number of para-hydroxylation sites is 1. The first-order chi connectivity index (χ1) is 10.8. The lowest BCUT2D eigenvalue weighted by Gasteiger charge is -2.21. The van der Waals surface area contributed by atoms with E-state index < -0.39 is 0 Å². The molecule has 0 aliphatic rings. The van der Waals surface area contributed by atoms with Crippen LogP contribution >= 0.6 is 0 Å². The maximum Gasteiger partial charge on any atom is 0.221 e. The molecule has 0 heterocycles. The largest absolute Gasteiger partial charge is 0.384 e. The van der Waals surface area contributed by atoms with E-state index in [1.165, 1.54) is 16.8 Å². The standard InChI is InChI=1S/C19H33N3O/c1-14(2)16-8-7-9-17(15(3)4)19(16)21-11-10-18(23)20-12-13-22(5)6/h7-9,14-15,21H,10-13H2,1-6H3,(H,20,23). The third-order valence-electron chi connectivity index (χ3n) is 3.91. The number of hydrogen-bond acceptors (Lipinski definition) is 3. The Morgan fingerprint density at radius 1 is 1.04 bits per heavy atom. The van der Waals surface area contributed by atoms with Crippen LogP contribution in [0.1, 0.15) is 57.1 Å². The van der Waals surface area contributed by atoms with Crippen molar-refractivity contribution in [2.24, 2.45) is 0 Å². The highest BCUT2D eigenvalue weighted by molar-refractivity contribution is 5.76. The fourth-order valence-electron chi connectivity index (χ4n) is 2.56. The van der Waals surface area contributed by atoms with E-state index in [1.807, 2.05) is 14.1 Å².